The van der Waals surface area contributed by atoms with E-state index in [1.165, 1.54) is 0 Å². The Morgan fingerprint density at radius 2 is 2.00 bits per heavy atom. The monoisotopic (exact) mass is 197 g/mol. The van der Waals surface area contributed by atoms with Crippen molar-refractivity contribution in [2.45, 2.75) is 45.3 Å². The molecule has 0 aliphatic rings. The van der Waals surface area contributed by atoms with Crippen LogP contribution in [0, 0.1) is 0 Å². The SMILES string of the molecule is CCC(C)NC(=O)CCC(F)(F)F. The molecule has 1 amide bonds. The van der Waals surface area contributed by atoms with Crippen molar-refractivity contribution in [2.75, 3.05) is 0 Å². The lowest BCUT2D eigenvalue weighted by Gasteiger charge is -2.11. The highest BCUT2D eigenvalue weighted by molar-refractivity contribution is 5.76. The average molecular weight is 197 g/mol. The van der Waals surface area contributed by atoms with Gasteiger partial charge in [0, 0.05) is 12.5 Å². The van der Waals surface area contributed by atoms with Crippen molar-refractivity contribution in [1.82, 2.24) is 5.32 Å². The third kappa shape index (κ3) is 7.62. The predicted molar refractivity (Wildman–Crippen MR) is 43.2 cm³/mol. The largest absolute Gasteiger partial charge is 0.389 e. The highest BCUT2D eigenvalue weighted by Gasteiger charge is 2.27. The van der Waals surface area contributed by atoms with Gasteiger partial charge in [0.2, 0.25) is 5.91 Å². The van der Waals surface area contributed by atoms with Gasteiger partial charge in [-0.3, -0.25) is 4.79 Å². The average Bonchev–Trinajstić information content (AvgIpc) is 1.99. The van der Waals surface area contributed by atoms with Gasteiger partial charge in [0.1, 0.15) is 0 Å². The van der Waals surface area contributed by atoms with Crippen molar-refractivity contribution in [2.24, 2.45) is 0 Å². The third-order valence-electron chi connectivity index (χ3n) is 1.66. The van der Waals surface area contributed by atoms with Crippen LogP contribution in [0.5, 0.6) is 0 Å². The molecule has 0 aromatic carbocycles. The molecular weight excluding hydrogens is 183 g/mol. The van der Waals surface area contributed by atoms with Crippen LogP contribution in [0.1, 0.15) is 33.1 Å². The fourth-order valence-corrected chi connectivity index (χ4v) is 0.704. The van der Waals surface area contributed by atoms with Crippen LogP contribution < -0.4 is 5.32 Å². The van der Waals surface area contributed by atoms with E-state index in [2.05, 4.69) is 5.32 Å². The molecule has 0 aliphatic carbocycles. The van der Waals surface area contributed by atoms with Crippen molar-refractivity contribution < 1.29 is 18.0 Å². The Bertz CT molecular complexity index is 167. The summed E-state index contributed by atoms with van der Waals surface area (Å²) < 4.78 is 35.0. The molecule has 0 bridgehead atoms. The van der Waals surface area contributed by atoms with Crippen molar-refractivity contribution in [3.05, 3.63) is 0 Å². The van der Waals surface area contributed by atoms with E-state index in [0.717, 1.165) is 6.42 Å². The van der Waals surface area contributed by atoms with Crippen LogP contribution in [0.2, 0.25) is 0 Å². The number of halogens is 3. The Balaban J connectivity index is 3.64. The second kappa shape index (κ2) is 5.09. The van der Waals surface area contributed by atoms with Crippen molar-refractivity contribution in [1.29, 1.82) is 0 Å². The first kappa shape index (κ1) is 12.3. The van der Waals surface area contributed by atoms with E-state index in [1.807, 2.05) is 6.92 Å². The molecule has 0 heterocycles. The van der Waals surface area contributed by atoms with Crippen LogP contribution in [0.4, 0.5) is 13.2 Å². The molecule has 0 rings (SSSR count). The zero-order valence-corrected chi connectivity index (χ0v) is 7.74. The van der Waals surface area contributed by atoms with Gasteiger partial charge in [-0.25, -0.2) is 0 Å². The lowest BCUT2D eigenvalue weighted by atomic mass is 10.2. The minimum Gasteiger partial charge on any atom is -0.354 e. The van der Waals surface area contributed by atoms with Gasteiger partial charge in [-0.15, -0.1) is 0 Å². The van der Waals surface area contributed by atoms with Gasteiger partial charge in [0.05, 0.1) is 6.42 Å². The molecule has 0 aliphatic heterocycles. The Hall–Kier alpha value is -0.740. The van der Waals surface area contributed by atoms with Gasteiger partial charge in [0.15, 0.2) is 0 Å². The Labute approximate surface area is 75.5 Å². The number of carbonyl (C=O) groups is 1. The Kier molecular flexibility index (Phi) is 4.80. The molecule has 0 radical (unpaired) electrons. The van der Waals surface area contributed by atoms with Crippen molar-refractivity contribution in [3.8, 4) is 0 Å². The molecule has 2 nitrogen and oxygen atoms in total. The minimum absolute atomic E-state index is 0.0549. The zero-order chi connectivity index (χ0) is 10.5. The summed E-state index contributed by atoms with van der Waals surface area (Å²) in [5, 5.41) is 2.46. The van der Waals surface area contributed by atoms with Gasteiger partial charge in [-0.1, -0.05) is 6.92 Å². The van der Waals surface area contributed by atoms with Gasteiger partial charge >= 0.3 is 6.18 Å². The molecule has 0 aromatic heterocycles. The zero-order valence-electron chi connectivity index (χ0n) is 7.74. The van der Waals surface area contributed by atoms with Crippen LogP contribution in [0.15, 0.2) is 0 Å². The first-order chi connectivity index (χ1) is 5.85. The third-order valence-corrected chi connectivity index (χ3v) is 1.66. The molecule has 0 fully saturated rings. The van der Waals surface area contributed by atoms with E-state index in [-0.39, 0.29) is 6.04 Å². The molecular formula is C8H14F3NO. The molecule has 1 unspecified atom stereocenters. The second-order valence-corrected chi connectivity index (χ2v) is 2.99. The molecule has 0 aromatic rings. The normalized spacial score (nSPS) is 13.9. The Morgan fingerprint density at radius 3 is 2.38 bits per heavy atom. The topological polar surface area (TPSA) is 29.1 Å². The summed E-state index contributed by atoms with van der Waals surface area (Å²) in [5.74, 6) is -0.535. The Morgan fingerprint density at radius 1 is 1.46 bits per heavy atom. The number of rotatable bonds is 4. The number of hydrogen-bond donors (Lipinski definition) is 1. The first-order valence-electron chi connectivity index (χ1n) is 4.21. The fraction of sp³-hybridized carbons (Fsp3) is 0.875. The van der Waals surface area contributed by atoms with Gasteiger partial charge < -0.3 is 5.32 Å². The molecule has 1 atom stereocenters. The van der Waals surface area contributed by atoms with E-state index >= 15 is 0 Å². The molecule has 1 N–H and O–H groups in total. The summed E-state index contributed by atoms with van der Waals surface area (Å²) in [7, 11) is 0. The summed E-state index contributed by atoms with van der Waals surface area (Å²) >= 11 is 0. The number of alkyl halides is 3. The number of amides is 1. The quantitative estimate of drug-likeness (QED) is 0.735. The molecule has 0 spiro atoms. The van der Waals surface area contributed by atoms with E-state index in [4.69, 9.17) is 0 Å². The lowest BCUT2D eigenvalue weighted by molar-refractivity contribution is -0.144. The van der Waals surface area contributed by atoms with E-state index in [9.17, 15) is 18.0 Å². The van der Waals surface area contributed by atoms with Gasteiger partial charge in [0.25, 0.3) is 0 Å². The van der Waals surface area contributed by atoms with E-state index in [0.29, 0.717) is 0 Å². The molecule has 0 saturated carbocycles. The van der Waals surface area contributed by atoms with Crippen LogP contribution >= 0.6 is 0 Å². The first-order valence-corrected chi connectivity index (χ1v) is 4.21. The van der Waals surface area contributed by atoms with Gasteiger partial charge in [-0.05, 0) is 13.3 Å². The maximum Gasteiger partial charge on any atom is 0.389 e. The molecule has 13 heavy (non-hydrogen) atoms. The predicted octanol–water partition coefficient (Wildman–Crippen LogP) is 2.24. The number of carbonyl (C=O) groups excluding carboxylic acids is 1. The summed E-state index contributed by atoms with van der Waals surface area (Å²) in [6.07, 6.45) is -5.05. The highest BCUT2D eigenvalue weighted by Crippen LogP contribution is 2.20. The van der Waals surface area contributed by atoms with Crippen LogP contribution in [-0.4, -0.2) is 18.1 Å². The number of hydrogen-bond acceptors (Lipinski definition) is 1. The number of nitrogens with one attached hydrogen (secondary N) is 1. The molecule has 0 saturated heterocycles. The standard InChI is InChI=1S/C8H14F3NO/c1-3-6(2)12-7(13)4-5-8(9,10)11/h6H,3-5H2,1-2H3,(H,12,13). The summed E-state index contributed by atoms with van der Waals surface area (Å²) in [4.78, 5) is 10.8. The highest BCUT2D eigenvalue weighted by atomic mass is 19.4. The maximum absolute atomic E-state index is 11.7. The van der Waals surface area contributed by atoms with Gasteiger partial charge in [-0.2, -0.15) is 13.2 Å². The molecule has 78 valence electrons. The maximum atomic E-state index is 11.7. The molecule has 5 heteroatoms. The van der Waals surface area contributed by atoms with E-state index < -0.39 is 24.9 Å². The fourth-order valence-electron chi connectivity index (χ4n) is 0.704. The minimum atomic E-state index is -4.24. The van der Waals surface area contributed by atoms with Crippen molar-refractivity contribution in [3.63, 3.8) is 0 Å². The smallest absolute Gasteiger partial charge is 0.354 e. The summed E-state index contributed by atoms with van der Waals surface area (Å²) in [6.45, 7) is 3.61. The summed E-state index contributed by atoms with van der Waals surface area (Å²) in [5.41, 5.74) is 0. The second-order valence-electron chi connectivity index (χ2n) is 2.99. The van der Waals surface area contributed by atoms with Crippen LogP contribution in [0.25, 0.3) is 0 Å². The van der Waals surface area contributed by atoms with Crippen LogP contribution in [-0.2, 0) is 4.79 Å². The lowest BCUT2D eigenvalue weighted by Crippen LogP contribution is -2.32. The summed E-state index contributed by atoms with van der Waals surface area (Å²) in [6, 6.07) is -0.0549. The van der Waals surface area contributed by atoms with Crippen LogP contribution in [0.3, 0.4) is 0 Å². The van der Waals surface area contributed by atoms with E-state index in [1.54, 1.807) is 6.92 Å². The van der Waals surface area contributed by atoms with Crippen molar-refractivity contribution >= 4 is 5.91 Å².